The van der Waals surface area contributed by atoms with Crippen molar-refractivity contribution >= 4 is 38.2 Å². The Bertz CT molecular complexity index is 963. The number of benzene rings is 1. The minimum absolute atomic E-state index is 0.143. The van der Waals surface area contributed by atoms with Crippen molar-refractivity contribution in [3.05, 3.63) is 39.6 Å². The van der Waals surface area contributed by atoms with Crippen LogP contribution in [0.3, 0.4) is 0 Å². The molecule has 88 valence electrons. The topological polar surface area (TPSA) is 63.1 Å². The molecule has 1 N–H and O–H groups in total. The van der Waals surface area contributed by atoms with Crippen LogP contribution in [0.2, 0.25) is 0 Å². The minimum atomic E-state index is -0.143. The molecule has 6 heteroatoms. The van der Waals surface area contributed by atoms with Gasteiger partial charge in [0.05, 0.1) is 0 Å². The Morgan fingerprint density at radius 1 is 1.33 bits per heavy atom. The number of hydrogen-bond acceptors (Lipinski definition) is 4. The lowest BCUT2D eigenvalue weighted by Crippen LogP contribution is -2.15. The summed E-state index contributed by atoms with van der Waals surface area (Å²) in [4.78, 5) is 20.6. The second kappa shape index (κ2) is 3.17. The number of para-hydroxylation sites is 1. The molecule has 0 aliphatic heterocycles. The summed E-state index contributed by atoms with van der Waals surface area (Å²) >= 11 is 1.42. The van der Waals surface area contributed by atoms with E-state index >= 15 is 0 Å². The number of aromatic nitrogens is 4. The predicted octanol–water partition coefficient (Wildman–Crippen LogP) is 2.09. The van der Waals surface area contributed by atoms with Gasteiger partial charge >= 0.3 is 0 Å². The standard InChI is InChI=1S/C12H8N4OS/c1-6-15-16-11(17)10-9(14-12(16)18-6)7-4-2-3-5-8(7)13-10/h2-5,13H,1H3. The summed E-state index contributed by atoms with van der Waals surface area (Å²) in [7, 11) is 0. The molecule has 0 atom stereocenters. The third kappa shape index (κ3) is 1.12. The zero-order valence-corrected chi connectivity index (χ0v) is 10.3. The molecule has 5 nitrogen and oxygen atoms in total. The number of aromatic amines is 1. The van der Waals surface area contributed by atoms with E-state index in [4.69, 9.17) is 0 Å². The number of H-pyrrole nitrogens is 1. The van der Waals surface area contributed by atoms with Crippen LogP contribution in [-0.4, -0.2) is 19.6 Å². The number of hydrogen-bond donors (Lipinski definition) is 1. The maximum absolute atomic E-state index is 12.3. The Kier molecular flexibility index (Phi) is 1.72. The summed E-state index contributed by atoms with van der Waals surface area (Å²) in [6, 6.07) is 7.77. The molecule has 18 heavy (non-hydrogen) atoms. The van der Waals surface area contributed by atoms with Crippen LogP contribution in [0.5, 0.6) is 0 Å². The quantitative estimate of drug-likeness (QED) is 0.524. The summed E-state index contributed by atoms with van der Waals surface area (Å²) in [6.07, 6.45) is 0. The number of nitrogens with zero attached hydrogens (tertiary/aromatic N) is 3. The molecular formula is C12H8N4OS. The first-order chi connectivity index (χ1) is 8.74. The summed E-state index contributed by atoms with van der Waals surface area (Å²) < 4.78 is 1.36. The van der Waals surface area contributed by atoms with Gasteiger partial charge in [-0.2, -0.15) is 9.61 Å². The lowest BCUT2D eigenvalue weighted by atomic mass is 10.2. The highest BCUT2D eigenvalue weighted by atomic mass is 32.1. The second-order valence-electron chi connectivity index (χ2n) is 4.13. The highest BCUT2D eigenvalue weighted by molar-refractivity contribution is 7.16. The summed E-state index contributed by atoms with van der Waals surface area (Å²) in [5, 5.41) is 5.97. The molecule has 0 bridgehead atoms. The first kappa shape index (κ1) is 9.78. The van der Waals surface area contributed by atoms with E-state index in [1.807, 2.05) is 31.2 Å². The predicted molar refractivity (Wildman–Crippen MR) is 71.2 cm³/mol. The molecule has 4 rings (SSSR count). The van der Waals surface area contributed by atoms with E-state index in [0.29, 0.717) is 10.5 Å². The third-order valence-corrected chi connectivity index (χ3v) is 3.78. The smallest absolute Gasteiger partial charge is 0.299 e. The first-order valence-electron chi connectivity index (χ1n) is 5.51. The van der Waals surface area contributed by atoms with E-state index in [2.05, 4.69) is 15.1 Å². The Morgan fingerprint density at radius 2 is 2.17 bits per heavy atom. The van der Waals surface area contributed by atoms with Crippen molar-refractivity contribution in [3.8, 4) is 0 Å². The van der Waals surface area contributed by atoms with Crippen molar-refractivity contribution in [2.75, 3.05) is 0 Å². The Balaban J connectivity index is 2.36. The van der Waals surface area contributed by atoms with Crippen molar-refractivity contribution in [2.24, 2.45) is 0 Å². The van der Waals surface area contributed by atoms with Crippen LogP contribution in [0.15, 0.2) is 29.1 Å². The molecule has 0 fully saturated rings. The lowest BCUT2D eigenvalue weighted by molar-refractivity contribution is 0.893. The van der Waals surface area contributed by atoms with Gasteiger partial charge in [-0.3, -0.25) is 4.79 Å². The maximum atomic E-state index is 12.3. The van der Waals surface area contributed by atoms with Gasteiger partial charge in [-0.1, -0.05) is 29.5 Å². The van der Waals surface area contributed by atoms with Crippen molar-refractivity contribution in [1.82, 2.24) is 19.6 Å². The fourth-order valence-electron chi connectivity index (χ4n) is 2.18. The summed E-state index contributed by atoms with van der Waals surface area (Å²) in [5.74, 6) is 0. The molecule has 0 aliphatic rings. The zero-order valence-electron chi connectivity index (χ0n) is 9.47. The largest absolute Gasteiger partial charge is 0.349 e. The molecule has 4 aromatic rings. The molecule has 0 aliphatic carbocycles. The Hall–Kier alpha value is -2.21. The SMILES string of the molecule is Cc1nn2c(=O)c3[nH]c4ccccc4c3nc2s1. The Morgan fingerprint density at radius 3 is 3.06 bits per heavy atom. The van der Waals surface area contributed by atoms with Gasteiger partial charge in [0.15, 0.2) is 0 Å². The Labute approximate surface area is 105 Å². The maximum Gasteiger partial charge on any atom is 0.299 e. The van der Waals surface area contributed by atoms with Gasteiger partial charge in [-0.05, 0) is 13.0 Å². The van der Waals surface area contributed by atoms with Gasteiger partial charge in [-0.15, -0.1) is 0 Å². The molecule has 1 aromatic carbocycles. The molecule has 3 heterocycles. The number of rotatable bonds is 0. The van der Waals surface area contributed by atoms with Crippen LogP contribution in [0.1, 0.15) is 5.01 Å². The van der Waals surface area contributed by atoms with Gasteiger partial charge in [0.25, 0.3) is 5.56 Å². The summed E-state index contributed by atoms with van der Waals surface area (Å²) in [6.45, 7) is 1.87. The van der Waals surface area contributed by atoms with Crippen LogP contribution in [0.4, 0.5) is 0 Å². The average Bonchev–Trinajstić information content (AvgIpc) is 2.91. The average molecular weight is 256 g/mol. The fourth-order valence-corrected chi connectivity index (χ4v) is 2.92. The molecule has 3 aromatic heterocycles. The first-order valence-corrected chi connectivity index (χ1v) is 6.32. The van der Waals surface area contributed by atoms with Crippen molar-refractivity contribution in [1.29, 1.82) is 0 Å². The monoisotopic (exact) mass is 256 g/mol. The summed E-state index contributed by atoms with van der Waals surface area (Å²) in [5.41, 5.74) is 2.01. The zero-order chi connectivity index (χ0) is 12.3. The van der Waals surface area contributed by atoms with Gasteiger partial charge in [0, 0.05) is 10.9 Å². The van der Waals surface area contributed by atoms with E-state index in [1.54, 1.807) is 0 Å². The van der Waals surface area contributed by atoms with E-state index < -0.39 is 0 Å². The van der Waals surface area contributed by atoms with Gasteiger partial charge in [0.2, 0.25) is 4.96 Å². The van der Waals surface area contributed by atoms with Crippen LogP contribution in [-0.2, 0) is 0 Å². The molecule has 0 radical (unpaired) electrons. The minimum Gasteiger partial charge on any atom is -0.349 e. The molecule has 0 spiro atoms. The molecule has 0 saturated heterocycles. The van der Waals surface area contributed by atoms with E-state index in [-0.39, 0.29) is 5.56 Å². The van der Waals surface area contributed by atoms with Gasteiger partial charge in [-0.25, -0.2) is 4.98 Å². The fraction of sp³-hybridized carbons (Fsp3) is 0.0833. The molecule has 0 amide bonds. The number of fused-ring (bicyclic) bond motifs is 4. The third-order valence-electron chi connectivity index (χ3n) is 2.95. The molecular weight excluding hydrogens is 248 g/mol. The lowest BCUT2D eigenvalue weighted by Gasteiger charge is -1.91. The number of aryl methyl sites for hydroxylation is 1. The molecule has 0 unspecified atom stereocenters. The molecule has 0 saturated carbocycles. The second-order valence-corrected chi connectivity index (χ2v) is 5.29. The van der Waals surface area contributed by atoms with E-state index in [1.165, 1.54) is 15.9 Å². The van der Waals surface area contributed by atoms with Gasteiger partial charge in [0.1, 0.15) is 16.0 Å². The van der Waals surface area contributed by atoms with Crippen LogP contribution < -0.4 is 5.56 Å². The van der Waals surface area contributed by atoms with Crippen molar-refractivity contribution in [3.63, 3.8) is 0 Å². The van der Waals surface area contributed by atoms with Crippen LogP contribution >= 0.6 is 11.3 Å². The van der Waals surface area contributed by atoms with E-state index in [0.717, 1.165) is 21.4 Å². The van der Waals surface area contributed by atoms with E-state index in [9.17, 15) is 4.79 Å². The van der Waals surface area contributed by atoms with Crippen LogP contribution in [0.25, 0.3) is 26.9 Å². The number of nitrogens with one attached hydrogen (secondary N) is 1. The van der Waals surface area contributed by atoms with Gasteiger partial charge < -0.3 is 4.98 Å². The highest BCUT2D eigenvalue weighted by Gasteiger charge is 2.13. The normalized spacial score (nSPS) is 11.8. The van der Waals surface area contributed by atoms with Crippen molar-refractivity contribution < 1.29 is 0 Å². The highest BCUT2D eigenvalue weighted by Crippen LogP contribution is 2.22. The van der Waals surface area contributed by atoms with Crippen molar-refractivity contribution in [2.45, 2.75) is 6.92 Å². The van der Waals surface area contributed by atoms with Crippen LogP contribution in [0, 0.1) is 6.92 Å².